The lowest BCUT2D eigenvalue weighted by atomic mass is 10.0. The minimum absolute atomic E-state index is 0.282. The summed E-state index contributed by atoms with van der Waals surface area (Å²) in [4.78, 5) is 24.2. The number of nitrogens with zero attached hydrogens (tertiary/aromatic N) is 4. The van der Waals surface area contributed by atoms with E-state index in [1.165, 1.54) is 16.9 Å². The number of rotatable bonds is 5. The molecular weight excluding hydrogens is 386 g/mol. The van der Waals surface area contributed by atoms with Gasteiger partial charge in [0.25, 0.3) is 5.19 Å². The average Bonchev–Trinajstić information content (AvgIpc) is 3.39. The molecule has 2 amide bonds. The molecule has 2 N–H and O–H groups in total. The number of aromatic nitrogens is 2. The van der Waals surface area contributed by atoms with Crippen LogP contribution in [0.5, 0.6) is 10.9 Å². The Labute approximate surface area is 173 Å². The number of amides is 2. The van der Waals surface area contributed by atoms with Crippen LogP contribution in [0.2, 0.25) is 0 Å². The minimum Gasteiger partial charge on any atom is -0.431 e. The molecule has 0 radical (unpaired) electrons. The van der Waals surface area contributed by atoms with Gasteiger partial charge in [-0.05, 0) is 42.0 Å². The molecule has 2 aliphatic heterocycles. The fourth-order valence-electron chi connectivity index (χ4n) is 4.37. The number of urea groups is 1. The zero-order valence-electron chi connectivity index (χ0n) is 16.0. The molecule has 3 aromatic rings. The number of hydrogen-bond acceptors (Lipinski definition) is 6. The van der Waals surface area contributed by atoms with Gasteiger partial charge in [0.15, 0.2) is 0 Å². The van der Waals surface area contributed by atoms with E-state index in [9.17, 15) is 4.79 Å². The van der Waals surface area contributed by atoms with Crippen molar-refractivity contribution in [2.24, 2.45) is 17.6 Å². The molecule has 0 aliphatic carbocycles. The number of carbonyl (C=O) groups is 1. The van der Waals surface area contributed by atoms with Gasteiger partial charge >= 0.3 is 6.03 Å². The molecule has 150 valence electrons. The summed E-state index contributed by atoms with van der Waals surface area (Å²) in [5.74, 6) is 1.94. The number of hydrogen-bond donors (Lipinski definition) is 1. The predicted molar refractivity (Wildman–Crippen MR) is 112 cm³/mol. The Balaban J connectivity index is 1.13. The summed E-state index contributed by atoms with van der Waals surface area (Å²) in [6.45, 7) is 4.77. The molecule has 29 heavy (non-hydrogen) atoms. The maximum atomic E-state index is 11.3. The molecule has 2 aromatic heterocycles. The van der Waals surface area contributed by atoms with Crippen molar-refractivity contribution in [3.63, 3.8) is 0 Å². The highest BCUT2D eigenvalue weighted by Gasteiger charge is 2.40. The van der Waals surface area contributed by atoms with Crippen molar-refractivity contribution in [1.29, 1.82) is 0 Å². The van der Waals surface area contributed by atoms with Crippen LogP contribution in [0.3, 0.4) is 0 Å². The molecule has 0 spiro atoms. The molecule has 2 fully saturated rings. The topological polar surface area (TPSA) is 84.6 Å². The van der Waals surface area contributed by atoms with Gasteiger partial charge < -0.3 is 20.3 Å². The second-order valence-corrected chi connectivity index (χ2v) is 8.84. The van der Waals surface area contributed by atoms with Crippen LogP contribution in [0.4, 0.5) is 4.79 Å². The van der Waals surface area contributed by atoms with Crippen LogP contribution in [0.1, 0.15) is 5.56 Å². The quantitative estimate of drug-likeness (QED) is 0.700. The first-order chi connectivity index (χ1) is 14.1. The normalized spacial score (nSPS) is 21.6. The fourth-order valence-corrected chi connectivity index (χ4v) is 5.17. The van der Waals surface area contributed by atoms with Crippen LogP contribution in [0, 0.1) is 11.8 Å². The van der Waals surface area contributed by atoms with Crippen molar-refractivity contribution in [2.75, 3.05) is 32.7 Å². The molecule has 0 saturated carbocycles. The lowest BCUT2D eigenvalue weighted by molar-refractivity contribution is 0.209. The van der Waals surface area contributed by atoms with Gasteiger partial charge in [-0.3, -0.25) is 4.98 Å². The van der Waals surface area contributed by atoms with Crippen molar-refractivity contribution < 1.29 is 9.53 Å². The number of likely N-dealkylation sites (tertiary alicyclic amines) is 2. The largest absolute Gasteiger partial charge is 0.431 e. The predicted octanol–water partition coefficient (Wildman–Crippen LogP) is 2.97. The summed E-state index contributed by atoms with van der Waals surface area (Å²) in [6.07, 6.45) is 4.55. The van der Waals surface area contributed by atoms with Crippen LogP contribution in [0.25, 0.3) is 10.2 Å². The van der Waals surface area contributed by atoms with Crippen molar-refractivity contribution in [2.45, 2.75) is 6.42 Å². The Morgan fingerprint density at radius 1 is 1.14 bits per heavy atom. The Bertz CT molecular complexity index is 974. The summed E-state index contributed by atoms with van der Waals surface area (Å²) in [5.41, 5.74) is 7.61. The third-order valence-corrected chi connectivity index (χ3v) is 6.77. The number of carbonyl (C=O) groups excluding carboxylic acids is 1. The van der Waals surface area contributed by atoms with E-state index in [4.69, 9.17) is 10.5 Å². The van der Waals surface area contributed by atoms with Crippen molar-refractivity contribution >= 4 is 27.6 Å². The minimum atomic E-state index is -0.282. The van der Waals surface area contributed by atoms with Gasteiger partial charge in [-0.1, -0.05) is 23.5 Å². The van der Waals surface area contributed by atoms with Gasteiger partial charge in [-0.25, -0.2) is 9.78 Å². The van der Waals surface area contributed by atoms with Crippen LogP contribution < -0.4 is 10.5 Å². The van der Waals surface area contributed by atoms with E-state index in [-0.39, 0.29) is 6.03 Å². The zero-order valence-corrected chi connectivity index (χ0v) is 16.8. The highest BCUT2D eigenvalue weighted by atomic mass is 32.1. The SMILES string of the molecule is NC(=O)N1CC2CN(CCc3ccc(Oc4nc5ccncc5s4)cc3)CC2C1. The Hall–Kier alpha value is -2.71. The number of primary amides is 1. The number of ether oxygens (including phenoxy) is 1. The van der Waals surface area contributed by atoms with Gasteiger partial charge in [0.05, 0.1) is 10.2 Å². The maximum absolute atomic E-state index is 11.3. The first-order valence-corrected chi connectivity index (χ1v) is 10.7. The summed E-state index contributed by atoms with van der Waals surface area (Å²) in [6, 6.07) is 9.86. The average molecular weight is 410 g/mol. The highest BCUT2D eigenvalue weighted by Crippen LogP contribution is 2.32. The zero-order chi connectivity index (χ0) is 19.8. The first kappa shape index (κ1) is 18.3. The molecule has 2 saturated heterocycles. The summed E-state index contributed by atoms with van der Waals surface area (Å²) in [7, 11) is 0. The van der Waals surface area contributed by atoms with E-state index >= 15 is 0 Å². The third kappa shape index (κ3) is 3.90. The van der Waals surface area contributed by atoms with Crippen LogP contribution in [-0.2, 0) is 6.42 Å². The lowest BCUT2D eigenvalue weighted by Gasteiger charge is -2.20. The van der Waals surface area contributed by atoms with Gasteiger partial charge in [-0.15, -0.1) is 0 Å². The molecule has 2 atom stereocenters. The van der Waals surface area contributed by atoms with Crippen LogP contribution in [-0.4, -0.2) is 58.5 Å². The van der Waals surface area contributed by atoms with Crippen molar-refractivity contribution in [3.8, 4) is 10.9 Å². The lowest BCUT2D eigenvalue weighted by Crippen LogP contribution is -2.37. The number of fused-ring (bicyclic) bond motifs is 2. The second-order valence-electron chi connectivity index (χ2n) is 7.84. The molecule has 0 bridgehead atoms. The first-order valence-electron chi connectivity index (χ1n) is 9.88. The highest BCUT2D eigenvalue weighted by molar-refractivity contribution is 7.20. The molecule has 4 heterocycles. The van der Waals surface area contributed by atoms with Gasteiger partial charge in [-0.2, -0.15) is 0 Å². The summed E-state index contributed by atoms with van der Waals surface area (Å²) < 4.78 is 6.92. The number of thiazole rings is 1. The molecule has 1 aromatic carbocycles. The molecule has 5 rings (SSSR count). The molecule has 8 heteroatoms. The Morgan fingerprint density at radius 3 is 2.59 bits per heavy atom. The van der Waals surface area contributed by atoms with E-state index in [0.29, 0.717) is 17.0 Å². The third-order valence-electron chi connectivity index (χ3n) is 5.89. The molecule has 7 nitrogen and oxygen atoms in total. The van der Waals surface area contributed by atoms with Crippen LogP contribution in [0.15, 0.2) is 42.7 Å². The van der Waals surface area contributed by atoms with Crippen molar-refractivity contribution in [3.05, 3.63) is 48.3 Å². The van der Waals surface area contributed by atoms with E-state index in [2.05, 4.69) is 27.0 Å². The second kappa shape index (κ2) is 7.61. The van der Waals surface area contributed by atoms with E-state index in [1.54, 1.807) is 17.3 Å². The summed E-state index contributed by atoms with van der Waals surface area (Å²) >= 11 is 1.50. The molecule has 2 unspecified atom stereocenters. The van der Waals surface area contributed by atoms with Gasteiger partial charge in [0.2, 0.25) is 0 Å². The van der Waals surface area contributed by atoms with E-state index in [0.717, 1.165) is 55.1 Å². The number of nitrogens with two attached hydrogens (primary N) is 1. The van der Waals surface area contributed by atoms with Crippen LogP contribution >= 0.6 is 11.3 Å². The fraction of sp³-hybridized carbons (Fsp3) is 0.381. The van der Waals surface area contributed by atoms with E-state index < -0.39 is 0 Å². The number of benzene rings is 1. The van der Waals surface area contributed by atoms with Gasteiger partial charge in [0.1, 0.15) is 5.75 Å². The standard InChI is InChI=1S/C21H23N5O2S/c22-20(27)26-12-15-10-25(11-16(15)13-26)8-6-14-1-3-17(4-2-14)28-21-24-18-5-7-23-9-19(18)29-21/h1-5,7,9,15-16H,6,8,10-13H2,(H2,22,27). The van der Waals surface area contributed by atoms with E-state index in [1.807, 2.05) is 18.2 Å². The number of pyridine rings is 1. The van der Waals surface area contributed by atoms with Crippen molar-refractivity contribution in [1.82, 2.24) is 19.8 Å². The maximum Gasteiger partial charge on any atom is 0.314 e. The Kier molecular flexibility index (Phi) is 4.81. The molecular formula is C21H23N5O2S. The van der Waals surface area contributed by atoms with Gasteiger partial charge in [0, 0.05) is 45.1 Å². The summed E-state index contributed by atoms with van der Waals surface area (Å²) in [5, 5.41) is 0.634. The monoisotopic (exact) mass is 409 g/mol. The smallest absolute Gasteiger partial charge is 0.314 e. The molecule has 2 aliphatic rings. The Morgan fingerprint density at radius 2 is 1.90 bits per heavy atom.